The molecule has 0 saturated carbocycles. The fraction of sp³-hybridized carbons (Fsp3) is 0.136. The number of hydrogen-bond acceptors (Lipinski definition) is 4. The van der Waals surface area contributed by atoms with Crippen LogP contribution in [0.4, 0.5) is 13.9 Å². The van der Waals surface area contributed by atoms with Crippen molar-refractivity contribution in [2.45, 2.75) is 20.4 Å². The number of carbonyl (C=O) groups excluding carboxylic acids is 1. The van der Waals surface area contributed by atoms with E-state index in [4.69, 9.17) is 0 Å². The molecule has 29 heavy (non-hydrogen) atoms. The number of carbonyl (C=O) groups is 1. The maximum Gasteiger partial charge on any atom is 0.260 e. The van der Waals surface area contributed by atoms with E-state index in [1.165, 1.54) is 11.0 Å². The maximum absolute atomic E-state index is 14.2. The SMILES string of the molecule is Cc1cc(C)cc(C(=O)N(Cc2cccnc2)c2nc3c(F)cc(F)cc3s2)c1. The molecule has 0 saturated heterocycles. The first kappa shape index (κ1) is 19.1. The number of amides is 1. The fourth-order valence-corrected chi connectivity index (χ4v) is 4.22. The van der Waals surface area contributed by atoms with E-state index in [-0.39, 0.29) is 18.0 Å². The predicted octanol–water partition coefficient (Wildman–Crippen LogP) is 5.43. The van der Waals surface area contributed by atoms with Gasteiger partial charge in [0.2, 0.25) is 0 Å². The molecule has 0 fully saturated rings. The highest BCUT2D eigenvalue weighted by Crippen LogP contribution is 2.33. The number of anilines is 1. The van der Waals surface area contributed by atoms with Crippen LogP contribution < -0.4 is 4.90 Å². The molecule has 0 bridgehead atoms. The minimum atomic E-state index is -0.748. The molecule has 1 amide bonds. The van der Waals surface area contributed by atoms with Crippen LogP contribution in [0, 0.1) is 25.5 Å². The molecule has 2 aromatic heterocycles. The molecule has 4 aromatic rings. The van der Waals surface area contributed by atoms with E-state index in [0.717, 1.165) is 34.1 Å². The largest absolute Gasteiger partial charge is 0.279 e. The summed E-state index contributed by atoms with van der Waals surface area (Å²) < 4.78 is 28.1. The molecular formula is C22H17F2N3OS. The summed E-state index contributed by atoms with van der Waals surface area (Å²) in [4.78, 5) is 23.3. The average Bonchev–Trinajstić information content (AvgIpc) is 3.09. The van der Waals surface area contributed by atoms with E-state index in [1.54, 1.807) is 30.6 Å². The van der Waals surface area contributed by atoms with Crippen molar-refractivity contribution in [2.75, 3.05) is 4.90 Å². The summed E-state index contributed by atoms with van der Waals surface area (Å²) in [5.41, 5.74) is 3.29. The lowest BCUT2D eigenvalue weighted by molar-refractivity contribution is 0.0985. The number of rotatable bonds is 4. The standard InChI is InChI=1S/C22H17F2N3OS/c1-13-6-14(2)8-16(7-13)21(28)27(12-15-4-3-5-25-11-15)22-26-20-18(24)9-17(23)10-19(20)29-22/h3-11H,12H2,1-2H3. The van der Waals surface area contributed by atoms with Gasteiger partial charge in [-0.15, -0.1) is 0 Å². The second kappa shape index (κ2) is 7.67. The van der Waals surface area contributed by atoms with Crippen molar-refractivity contribution in [1.82, 2.24) is 9.97 Å². The van der Waals surface area contributed by atoms with Gasteiger partial charge < -0.3 is 0 Å². The van der Waals surface area contributed by atoms with Crippen LogP contribution in [0.5, 0.6) is 0 Å². The smallest absolute Gasteiger partial charge is 0.260 e. The lowest BCUT2D eigenvalue weighted by Gasteiger charge is -2.20. The fourth-order valence-electron chi connectivity index (χ4n) is 3.22. The molecule has 0 aliphatic rings. The summed E-state index contributed by atoms with van der Waals surface area (Å²) in [6, 6.07) is 11.2. The lowest BCUT2D eigenvalue weighted by atomic mass is 10.1. The number of aryl methyl sites for hydroxylation is 2. The Labute approximate surface area is 170 Å². The highest BCUT2D eigenvalue weighted by molar-refractivity contribution is 7.22. The summed E-state index contributed by atoms with van der Waals surface area (Å²) in [6.45, 7) is 4.06. The minimum Gasteiger partial charge on any atom is -0.279 e. The van der Waals surface area contributed by atoms with Gasteiger partial charge >= 0.3 is 0 Å². The Balaban J connectivity index is 1.82. The molecule has 0 atom stereocenters. The van der Waals surface area contributed by atoms with Crippen LogP contribution in [-0.4, -0.2) is 15.9 Å². The molecule has 0 spiro atoms. The van der Waals surface area contributed by atoms with Gasteiger partial charge in [0.1, 0.15) is 11.3 Å². The Morgan fingerprint density at radius 1 is 1.10 bits per heavy atom. The maximum atomic E-state index is 14.2. The summed E-state index contributed by atoms with van der Waals surface area (Å²) in [5.74, 6) is -1.69. The Morgan fingerprint density at radius 3 is 2.55 bits per heavy atom. The van der Waals surface area contributed by atoms with E-state index in [9.17, 15) is 13.6 Å². The predicted molar refractivity (Wildman–Crippen MR) is 110 cm³/mol. The van der Waals surface area contributed by atoms with Crippen molar-refractivity contribution < 1.29 is 13.6 Å². The number of fused-ring (bicyclic) bond motifs is 1. The second-order valence-corrected chi connectivity index (χ2v) is 7.87. The quantitative estimate of drug-likeness (QED) is 0.451. The van der Waals surface area contributed by atoms with Crippen molar-refractivity contribution in [3.8, 4) is 0 Å². The van der Waals surface area contributed by atoms with Crippen LogP contribution in [0.25, 0.3) is 10.2 Å². The third kappa shape index (κ3) is 4.00. The Hall–Kier alpha value is -3.19. The number of aromatic nitrogens is 2. The van der Waals surface area contributed by atoms with Crippen molar-refractivity contribution in [1.29, 1.82) is 0 Å². The van der Waals surface area contributed by atoms with Crippen LogP contribution in [0.2, 0.25) is 0 Å². The number of thiazole rings is 1. The monoisotopic (exact) mass is 409 g/mol. The summed E-state index contributed by atoms with van der Waals surface area (Å²) in [7, 11) is 0. The first-order chi connectivity index (χ1) is 13.9. The Morgan fingerprint density at radius 2 is 1.86 bits per heavy atom. The highest BCUT2D eigenvalue weighted by Gasteiger charge is 2.23. The van der Waals surface area contributed by atoms with Crippen molar-refractivity contribution in [3.05, 3.63) is 88.7 Å². The average molecular weight is 409 g/mol. The summed E-state index contributed by atoms with van der Waals surface area (Å²) >= 11 is 1.08. The summed E-state index contributed by atoms with van der Waals surface area (Å²) in [5, 5.41) is 0.303. The topological polar surface area (TPSA) is 46.1 Å². The normalized spacial score (nSPS) is 11.0. The van der Waals surface area contributed by atoms with E-state index in [2.05, 4.69) is 9.97 Å². The molecular weight excluding hydrogens is 392 g/mol. The molecule has 0 radical (unpaired) electrons. The highest BCUT2D eigenvalue weighted by atomic mass is 32.1. The van der Waals surface area contributed by atoms with Gasteiger partial charge in [-0.2, -0.15) is 0 Å². The van der Waals surface area contributed by atoms with Gasteiger partial charge in [-0.3, -0.25) is 14.7 Å². The van der Waals surface area contributed by atoms with Crippen molar-refractivity contribution in [3.63, 3.8) is 0 Å². The van der Waals surface area contributed by atoms with Gasteiger partial charge in [0.05, 0.1) is 11.2 Å². The molecule has 2 heterocycles. The minimum absolute atomic E-state index is 0.0517. The lowest BCUT2D eigenvalue weighted by Crippen LogP contribution is -2.30. The molecule has 4 rings (SSSR count). The number of halogens is 2. The van der Waals surface area contributed by atoms with E-state index in [1.807, 2.05) is 26.0 Å². The van der Waals surface area contributed by atoms with Crippen LogP contribution in [-0.2, 0) is 6.54 Å². The van der Waals surface area contributed by atoms with Crippen molar-refractivity contribution >= 4 is 32.6 Å². The molecule has 4 nitrogen and oxygen atoms in total. The molecule has 2 aromatic carbocycles. The van der Waals surface area contributed by atoms with Gasteiger partial charge in [0, 0.05) is 24.0 Å². The number of hydrogen-bond donors (Lipinski definition) is 0. The molecule has 7 heteroatoms. The van der Waals surface area contributed by atoms with Crippen LogP contribution in [0.15, 0.2) is 54.9 Å². The zero-order valence-electron chi connectivity index (χ0n) is 15.8. The summed E-state index contributed by atoms with van der Waals surface area (Å²) in [6.07, 6.45) is 3.31. The van der Waals surface area contributed by atoms with Gasteiger partial charge in [-0.05, 0) is 43.7 Å². The zero-order valence-corrected chi connectivity index (χ0v) is 16.6. The Bertz CT molecular complexity index is 1190. The van der Waals surface area contributed by atoms with Crippen LogP contribution >= 0.6 is 11.3 Å². The molecule has 0 aliphatic heterocycles. The first-order valence-electron chi connectivity index (χ1n) is 8.95. The Kier molecular flexibility index (Phi) is 5.07. The van der Waals surface area contributed by atoms with Gasteiger partial charge in [-0.1, -0.05) is 34.6 Å². The van der Waals surface area contributed by atoms with Gasteiger partial charge in [0.15, 0.2) is 10.9 Å². The van der Waals surface area contributed by atoms with E-state index >= 15 is 0 Å². The molecule has 0 aliphatic carbocycles. The van der Waals surface area contributed by atoms with Crippen molar-refractivity contribution in [2.24, 2.45) is 0 Å². The van der Waals surface area contributed by atoms with Gasteiger partial charge in [-0.25, -0.2) is 13.8 Å². The van der Waals surface area contributed by atoms with Gasteiger partial charge in [0.25, 0.3) is 5.91 Å². The first-order valence-corrected chi connectivity index (χ1v) is 9.77. The van der Waals surface area contributed by atoms with E-state index in [0.29, 0.717) is 15.4 Å². The van der Waals surface area contributed by atoms with E-state index < -0.39 is 11.6 Å². The third-order valence-corrected chi connectivity index (χ3v) is 5.44. The molecule has 146 valence electrons. The zero-order chi connectivity index (χ0) is 20.5. The van der Waals surface area contributed by atoms with Crippen LogP contribution in [0.3, 0.4) is 0 Å². The number of pyridine rings is 1. The second-order valence-electron chi connectivity index (χ2n) is 6.86. The number of nitrogens with zero attached hydrogens (tertiary/aromatic N) is 3. The number of benzene rings is 2. The molecule has 0 unspecified atom stereocenters. The van der Waals surface area contributed by atoms with Crippen LogP contribution in [0.1, 0.15) is 27.0 Å². The molecule has 0 N–H and O–H groups in total. The third-order valence-electron chi connectivity index (χ3n) is 4.41.